The van der Waals surface area contributed by atoms with E-state index in [-0.39, 0.29) is 17.8 Å². The monoisotopic (exact) mass is 272 g/mol. The fourth-order valence-corrected chi connectivity index (χ4v) is 1.73. The number of carbonyl (C=O) groups excluding carboxylic acids is 1. The van der Waals surface area contributed by atoms with Crippen molar-refractivity contribution < 1.29 is 18.7 Å². The normalized spacial score (nSPS) is 13.9. The molecule has 0 spiro atoms. The quantitative estimate of drug-likeness (QED) is 0.716. The van der Waals surface area contributed by atoms with E-state index in [1.54, 1.807) is 6.92 Å². The van der Waals surface area contributed by atoms with Gasteiger partial charge < -0.3 is 16.2 Å². The van der Waals surface area contributed by atoms with Gasteiger partial charge in [0.1, 0.15) is 11.6 Å². The Morgan fingerprint density at radius 2 is 2.05 bits per heavy atom. The highest BCUT2D eigenvalue weighted by atomic mass is 19.1. The summed E-state index contributed by atoms with van der Waals surface area (Å²) in [6.45, 7) is 3.46. The first-order valence-corrected chi connectivity index (χ1v) is 6.02. The second kappa shape index (κ2) is 5.97. The van der Waals surface area contributed by atoms with Crippen LogP contribution in [-0.2, 0) is 0 Å². The first kappa shape index (κ1) is 15.4. The van der Waals surface area contributed by atoms with Gasteiger partial charge in [0.15, 0.2) is 0 Å². The molecule has 106 valence electrons. The number of amides is 1. The van der Waals surface area contributed by atoms with Crippen LogP contribution in [0.1, 0.15) is 37.0 Å². The molecule has 0 saturated carbocycles. The first-order valence-electron chi connectivity index (χ1n) is 6.02. The Labute approximate surface area is 110 Å². The molecular formula is C13H18F2N2O2. The van der Waals surface area contributed by atoms with Crippen molar-refractivity contribution in [2.75, 3.05) is 12.3 Å². The molecule has 1 aromatic rings. The van der Waals surface area contributed by atoms with Crippen LogP contribution in [0.2, 0.25) is 0 Å². The van der Waals surface area contributed by atoms with E-state index in [1.807, 2.05) is 6.92 Å². The van der Waals surface area contributed by atoms with Crippen LogP contribution in [0.25, 0.3) is 0 Å². The molecule has 0 aliphatic carbocycles. The third-order valence-corrected chi connectivity index (χ3v) is 2.75. The van der Waals surface area contributed by atoms with Gasteiger partial charge in [-0.2, -0.15) is 0 Å². The van der Waals surface area contributed by atoms with Crippen molar-refractivity contribution >= 4 is 11.6 Å². The second-order valence-electron chi connectivity index (χ2n) is 4.78. The van der Waals surface area contributed by atoms with Crippen molar-refractivity contribution in [2.45, 2.75) is 32.3 Å². The number of benzene rings is 1. The van der Waals surface area contributed by atoms with Gasteiger partial charge in [-0.05, 0) is 19.4 Å². The summed E-state index contributed by atoms with van der Waals surface area (Å²) in [6.07, 6.45) is 1.25. The largest absolute Gasteiger partial charge is 0.396 e. The zero-order valence-corrected chi connectivity index (χ0v) is 11.0. The number of hydrogen-bond donors (Lipinski definition) is 3. The van der Waals surface area contributed by atoms with Crippen LogP contribution in [0, 0.1) is 11.6 Å². The Morgan fingerprint density at radius 1 is 1.42 bits per heavy atom. The minimum atomic E-state index is -1.06. The van der Waals surface area contributed by atoms with E-state index in [4.69, 9.17) is 5.73 Å². The number of nitrogen functional groups attached to an aromatic ring is 1. The van der Waals surface area contributed by atoms with Crippen LogP contribution in [-0.4, -0.2) is 23.2 Å². The van der Waals surface area contributed by atoms with Gasteiger partial charge >= 0.3 is 0 Å². The Morgan fingerprint density at radius 3 is 2.63 bits per heavy atom. The molecule has 19 heavy (non-hydrogen) atoms. The molecule has 0 aliphatic rings. The summed E-state index contributed by atoms with van der Waals surface area (Å²) < 4.78 is 26.4. The third kappa shape index (κ3) is 4.17. The fourth-order valence-electron chi connectivity index (χ4n) is 1.73. The number of rotatable bonds is 5. The van der Waals surface area contributed by atoms with Gasteiger partial charge in [-0.15, -0.1) is 0 Å². The van der Waals surface area contributed by atoms with Crippen molar-refractivity contribution in [3.8, 4) is 0 Å². The Kier molecular flexibility index (Phi) is 4.83. The Bertz CT molecular complexity index is 476. The van der Waals surface area contributed by atoms with Crippen LogP contribution in [0.15, 0.2) is 12.1 Å². The molecule has 1 unspecified atom stereocenters. The van der Waals surface area contributed by atoms with Gasteiger partial charge in [0.2, 0.25) is 0 Å². The van der Waals surface area contributed by atoms with E-state index in [2.05, 4.69) is 5.32 Å². The lowest BCUT2D eigenvalue weighted by Crippen LogP contribution is -2.40. The van der Waals surface area contributed by atoms with Gasteiger partial charge in [0, 0.05) is 12.6 Å². The lowest BCUT2D eigenvalue weighted by molar-refractivity contribution is 0.0468. The molecule has 1 amide bonds. The number of nitrogens with two attached hydrogens (primary N) is 1. The lowest BCUT2D eigenvalue weighted by atomic mass is 10.0. The summed E-state index contributed by atoms with van der Waals surface area (Å²) in [5.74, 6) is -2.63. The van der Waals surface area contributed by atoms with Crippen LogP contribution in [0.5, 0.6) is 0 Å². The predicted molar refractivity (Wildman–Crippen MR) is 68.6 cm³/mol. The van der Waals surface area contributed by atoms with E-state index in [1.165, 1.54) is 0 Å². The number of aliphatic hydroxyl groups is 1. The molecule has 0 fully saturated rings. The molecule has 0 bridgehead atoms. The predicted octanol–water partition coefficient (Wildman–Crippen LogP) is 1.83. The average Bonchev–Trinajstić information content (AvgIpc) is 2.31. The Hall–Kier alpha value is -1.69. The molecule has 0 saturated heterocycles. The van der Waals surface area contributed by atoms with Crippen LogP contribution in [0.3, 0.4) is 0 Å². The van der Waals surface area contributed by atoms with Crippen LogP contribution < -0.4 is 11.1 Å². The smallest absolute Gasteiger partial charge is 0.254 e. The molecule has 1 aromatic carbocycles. The molecule has 0 aromatic heterocycles. The molecule has 1 rings (SSSR count). The molecule has 6 heteroatoms. The summed E-state index contributed by atoms with van der Waals surface area (Å²) in [7, 11) is 0. The number of hydrogen-bond acceptors (Lipinski definition) is 3. The van der Waals surface area contributed by atoms with Crippen molar-refractivity contribution in [2.24, 2.45) is 0 Å². The summed E-state index contributed by atoms with van der Waals surface area (Å²) in [6, 6.07) is 1.50. The van der Waals surface area contributed by atoms with E-state index in [9.17, 15) is 18.7 Å². The molecule has 0 heterocycles. The van der Waals surface area contributed by atoms with Crippen LogP contribution in [0.4, 0.5) is 14.5 Å². The number of anilines is 1. The fraction of sp³-hybridized carbons (Fsp3) is 0.462. The minimum absolute atomic E-state index is 0.0175. The topological polar surface area (TPSA) is 75.3 Å². The highest BCUT2D eigenvalue weighted by Gasteiger charge is 2.22. The summed E-state index contributed by atoms with van der Waals surface area (Å²) in [4.78, 5) is 11.7. The van der Waals surface area contributed by atoms with E-state index in [0.717, 1.165) is 12.5 Å². The van der Waals surface area contributed by atoms with Crippen molar-refractivity contribution in [3.05, 3.63) is 29.3 Å². The summed E-state index contributed by atoms with van der Waals surface area (Å²) >= 11 is 0. The molecule has 4 N–H and O–H groups in total. The molecule has 1 atom stereocenters. The van der Waals surface area contributed by atoms with Gasteiger partial charge in [-0.1, -0.05) is 13.3 Å². The van der Waals surface area contributed by atoms with E-state index < -0.39 is 23.1 Å². The minimum Gasteiger partial charge on any atom is -0.396 e. The van der Waals surface area contributed by atoms with Crippen molar-refractivity contribution in [3.63, 3.8) is 0 Å². The number of halogens is 2. The summed E-state index contributed by atoms with van der Waals surface area (Å²) in [5.41, 5.74) is 3.58. The third-order valence-electron chi connectivity index (χ3n) is 2.75. The standard InChI is InChI=1S/C13H18F2N2O2/c1-3-4-13(2,19)7-17-12(18)8-5-11(16)10(15)6-9(8)14/h5-6,19H,3-4,7,16H2,1-2H3,(H,17,18). The highest BCUT2D eigenvalue weighted by Crippen LogP contribution is 2.17. The lowest BCUT2D eigenvalue weighted by Gasteiger charge is -2.23. The summed E-state index contributed by atoms with van der Waals surface area (Å²) in [5, 5.41) is 12.3. The number of carbonyl (C=O) groups is 1. The van der Waals surface area contributed by atoms with E-state index in [0.29, 0.717) is 12.5 Å². The molecular weight excluding hydrogens is 254 g/mol. The highest BCUT2D eigenvalue weighted by molar-refractivity contribution is 5.95. The number of nitrogens with one attached hydrogen (secondary N) is 1. The maximum Gasteiger partial charge on any atom is 0.254 e. The van der Waals surface area contributed by atoms with Gasteiger partial charge in [0.25, 0.3) is 5.91 Å². The second-order valence-corrected chi connectivity index (χ2v) is 4.78. The molecule has 0 radical (unpaired) electrons. The SMILES string of the molecule is CCCC(C)(O)CNC(=O)c1cc(N)c(F)cc1F. The van der Waals surface area contributed by atoms with Gasteiger partial charge in [0.05, 0.1) is 16.9 Å². The van der Waals surface area contributed by atoms with E-state index >= 15 is 0 Å². The zero-order chi connectivity index (χ0) is 14.6. The zero-order valence-electron chi connectivity index (χ0n) is 11.0. The van der Waals surface area contributed by atoms with Crippen LogP contribution >= 0.6 is 0 Å². The first-order chi connectivity index (χ1) is 8.76. The van der Waals surface area contributed by atoms with Crippen molar-refractivity contribution in [1.82, 2.24) is 5.32 Å². The van der Waals surface area contributed by atoms with Crippen molar-refractivity contribution in [1.29, 1.82) is 0 Å². The average molecular weight is 272 g/mol. The molecule has 0 aliphatic heterocycles. The maximum atomic E-state index is 13.4. The van der Waals surface area contributed by atoms with Gasteiger partial charge in [-0.25, -0.2) is 8.78 Å². The maximum absolute atomic E-state index is 13.4. The van der Waals surface area contributed by atoms with Gasteiger partial charge in [-0.3, -0.25) is 4.79 Å². The Balaban J connectivity index is 2.77. The molecule has 4 nitrogen and oxygen atoms in total.